The van der Waals surface area contributed by atoms with E-state index in [4.69, 9.17) is 9.84 Å². The fourth-order valence-electron chi connectivity index (χ4n) is 1.76. The third kappa shape index (κ3) is 3.55. The summed E-state index contributed by atoms with van der Waals surface area (Å²) >= 11 is 1.67. The predicted molar refractivity (Wildman–Crippen MR) is 73.3 cm³/mol. The average Bonchev–Trinajstić information content (AvgIpc) is 2.84. The van der Waals surface area contributed by atoms with E-state index in [0.717, 1.165) is 35.7 Å². The number of hydrogen-bond donors (Lipinski definition) is 1. The summed E-state index contributed by atoms with van der Waals surface area (Å²) in [5.74, 6) is 0.879. The topological polar surface area (TPSA) is 42.4 Å². The first kappa shape index (κ1) is 13.1. The number of aryl methyl sites for hydroxylation is 1. The fraction of sp³-hybridized carbons (Fsp3) is 0.357. The van der Waals surface area contributed by atoms with Crippen LogP contribution in [0.1, 0.15) is 22.7 Å². The van der Waals surface area contributed by atoms with Crippen molar-refractivity contribution in [1.82, 2.24) is 4.98 Å². The molecule has 0 atom stereocenters. The third-order valence-electron chi connectivity index (χ3n) is 2.68. The van der Waals surface area contributed by atoms with Gasteiger partial charge < -0.3 is 9.84 Å². The van der Waals surface area contributed by atoms with Gasteiger partial charge in [0, 0.05) is 18.4 Å². The maximum atomic E-state index is 8.79. The van der Waals surface area contributed by atoms with Crippen molar-refractivity contribution in [3.05, 3.63) is 45.9 Å². The fourth-order valence-corrected chi connectivity index (χ4v) is 2.62. The Morgan fingerprint density at radius 1 is 1.39 bits per heavy atom. The van der Waals surface area contributed by atoms with E-state index in [9.17, 15) is 0 Å². The molecule has 3 nitrogen and oxygen atoms in total. The molecule has 0 unspecified atom stereocenters. The summed E-state index contributed by atoms with van der Waals surface area (Å²) in [4.78, 5) is 4.57. The van der Waals surface area contributed by atoms with Crippen LogP contribution in [0.3, 0.4) is 0 Å². The first-order valence-electron chi connectivity index (χ1n) is 5.99. The van der Waals surface area contributed by atoms with Crippen molar-refractivity contribution in [3.8, 4) is 5.75 Å². The molecule has 0 saturated carbocycles. The zero-order valence-electron chi connectivity index (χ0n) is 10.4. The van der Waals surface area contributed by atoms with Crippen molar-refractivity contribution in [2.75, 3.05) is 13.7 Å². The van der Waals surface area contributed by atoms with Crippen LogP contribution in [0.15, 0.2) is 29.6 Å². The van der Waals surface area contributed by atoms with E-state index >= 15 is 0 Å². The number of rotatable bonds is 6. The van der Waals surface area contributed by atoms with Crippen LogP contribution in [0.4, 0.5) is 0 Å². The van der Waals surface area contributed by atoms with E-state index in [-0.39, 0.29) is 6.61 Å². The molecule has 0 fully saturated rings. The molecule has 2 aromatic rings. The molecule has 0 amide bonds. The molecule has 0 saturated heterocycles. The molecular weight excluding hydrogens is 246 g/mol. The number of hydrogen-bond acceptors (Lipinski definition) is 4. The number of aromatic nitrogens is 1. The highest BCUT2D eigenvalue weighted by Crippen LogP contribution is 2.19. The summed E-state index contributed by atoms with van der Waals surface area (Å²) in [7, 11) is 1.68. The molecule has 18 heavy (non-hydrogen) atoms. The van der Waals surface area contributed by atoms with Gasteiger partial charge in [-0.2, -0.15) is 0 Å². The molecule has 0 radical (unpaired) electrons. The van der Waals surface area contributed by atoms with E-state index in [1.54, 1.807) is 18.4 Å². The van der Waals surface area contributed by atoms with Gasteiger partial charge in [0.2, 0.25) is 0 Å². The van der Waals surface area contributed by atoms with Crippen molar-refractivity contribution >= 4 is 11.3 Å². The minimum atomic E-state index is 0.225. The van der Waals surface area contributed by atoms with Gasteiger partial charge in [0.1, 0.15) is 5.75 Å². The lowest BCUT2D eigenvalue weighted by atomic mass is 10.1. The summed E-state index contributed by atoms with van der Waals surface area (Å²) in [5, 5.41) is 12.0. The lowest BCUT2D eigenvalue weighted by molar-refractivity contribution is 0.288. The quantitative estimate of drug-likeness (QED) is 0.871. The van der Waals surface area contributed by atoms with Gasteiger partial charge in [-0.05, 0) is 30.5 Å². The van der Waals surface area contributed by atoms with Gasteiger partial charge >= 0.3 is 0 Å². The Morgan fingerprint density at radius 2 is 2.28 bits per heavy atom. The van der Waals surface area contributed by atoms with Gasteiger partial charge in [-0.3, -0.25) is 0 Å². The van der Waals surface area contributed by atoms with Crippen LogP contribution >= 0.6 is 11.3 Å². The molecule has 0 aliphatic heterocycles. The zero-order chi connectivity index (χ0) is 12.8. The zero-order valence-corrected chi connectivity index (χ0v) is 11.2. The van der Waals surface area contributed by atoms with E-state index in [1.165, 1.54) is 5.56 Å². The van der Waals surface area contributed by atoms with Gasteiger partial charge in [0.25, 0.3) is 0 Å². The van der Waals surface area contributed by atoms with Gasteiger partial charge in [-0.15, -0.1) is 11.3 Å². The number of aliphatic hydroxyl groups excluding tert-OH is 1. The summed E-state index contributed by atoms with van der Waals surface area (Å²) in [6.45, 7) is 0.225. The van der Waals surface area contributed by atoms with E-state index in [0.29, 0.717) is 0 Å². The molecule has 0 spiro atoms. The monoisotopic (exact) mass is 263 g/mol. The maximum absolute atomic E-state index is 8.79. The minimum Gasteiger partial charge on any atom is -0.497 e. The molecule has 0 bridgehead atoms. The molecule has 1 heterocycles. The van der Waals surface area contributed by atoms with Crippen molar-refractivity contribution in [3.63, 3.8) is 0 Å². The smallest absolute Gasteiger partial charge is 0.119 e. The molecular formula is C14H17NO2S. The summed E-state index contributed by atoms with van der Waals surface area (Å²) in [6, 6.07) is 8.05. The van der Waals surface area contributed by atoms with Crippen molar-refractivity contribution in [1.29, 1.82) is 0 Å². The Kier molecular flexibility index (Phi) is 4.73. The number of benzene rings is 1. The first-order chi connectivity index (χ1) is 8.81. The van der Waals surface area contributed by atoms with Gasteiger partial charge in [0.05, 0.1) is 17.8 Å². The highest BCUT2D eigenvalue weighted by atomic mass is 32.1. The second-order valence-corrected chi connectivity index (χ2v) is 5.03. The number of aliphatic hydroxyl groups is 1. The van der Waals surface area contributed by atoms with Gasteiger partial charge in [-0.25, -0.2) is 4.98 Å². The molecule has 1 aromatic carbocycles. The Labute approximate surface area is 111 Å². The van der Waals surface area contributed by atoms with Crippen molar-refractivity contribution in [2.45, 2.75) is 19.3 Å². The molecule has 1 aromatic heterocycles. The Morgan fingerprint density at radius 3 is 3.06 bits per heavy atom. The standard InChI is InChI=1S/C14H17NO2S/c1-17-13-6-2-4-11(8-13)9-14-15-12(10-18-14)5-3-7-16/h2,4,6,8,10,16H,3,5,7,9H2,1H3. The number of methoxy groups -OCH3 is 1. The summed E-state index contributed by atoms with van der Waals surface area (Å²) < 4.78 is 5.21. The van der Waals surface area contributed by atoms with Crippen LogP contribution < -0.4 is 4.74 Å². The van der Waals surface area contributed by atoms with Crippen LogP contribution in [0.2, 0.25) is 0 Å². The Bertz CT molecular complexity index is 496. The highest BCUT2D eigenvalue weighted by Gasteiger charge is 2.04. The highest BCUT2D eigenvalue weighted by molar-refractivity contribution is 7.09. The SMILES string of the molecule is COc1cccc(Cc2nc(CCCO)cs2)c1. The molecule has 0 aliphatic rings. The molecule has 0 aliphatic carbocycles. The van der Waals surface area contributed by atoms with Gasteiger partial charge in [-0.1, -0.05) is 12.1 Å². The number of nitrogens with zero attached hydrogens (tertiary/aromatic N) is 1. The van der Waals surface area contributed by atoms with Crippen LogP contribution in [0.25, 0.3) is 0 Å². The minimum absolute atomic E-state index is 0.225. The van der Waals surface area contributed by atoms with Crippen LogP contribution in [0, 0.1) is 0 Å². The molecule has 2 rings (SSSR count). The molecule has 96 valence electrons. The maximum Gasteiger partial charge on any atom is 0.119 e. The lowest BCUT2D eigenvalue weighted by Crippen LogP contribution is -1.92. The molecule has 4 heteroatoms. The summed E-state index contributed by atoms with van der Waals surface area (Å²) in [5.41, 5.74) is 2.28. The normalized spacial score (nSPS) is 10.6. The average molecular weight is 263 g/mol. The second kappa shape index (κ2) is 6.52. The lowest BCUT2D eigenvalue weighted by Gasteiger charge is -2.02. The third-order valence-corrected chi connectivity index (χ3v) is 3.58. The van der Waals surface area contributed by atoms with Crippen LogP contribution in [-0.4, -0.2) is 23.8 Å². The predicted octanol–water partition coefficient (Wildman–Crippen LogP) is 2.67. The van der Waals surface area contributed by atoms with Crippen molar-refractivity contribution in [2.24, 2.45) is 0 Å². The van der Waals surface area contributed by atoms with Crippen LogP contribution in [0.5, 0.6) is 5.75 Å². The largest absolute Gasteiger partial charge is 0.497 e. The second-order valence-electron chi connectivity index (χ2n) is 4.09. The summed E-state index contributed by atoms with van der Waals surface area (Å²) in [6.07, 6.45) is 2.47. The van der Waals surface area contributed by atoms with E-state index < -0.39 is 0 Å². The van der Waals surface area contributed by atoms with Gasteiger partial charge in [0.15, 0.2) is 0 Å². The van der Waals surface area contributed by atoms with Crippen molar-refractivity contribution < 1.29 is 9.84 Å². The Balaban J connectivity index is 2.01. The van der Waals surface area contributed by atoms with E-state index in [2.05, 4.69) is 16.4 Å². The number of thiazole rings is 1. The van der Waals surface area contributed by atoms with E-state index in [1.807, 2.05) is 18.2 Å². The van der Waals surface area contributed by atoms with Crippen LogP contribution in [-0.2, 0) is 12.8 Å². The Hall–Kier alpha value is -1.39. The number of ether oxygens (including phenoxy) is 1. The molecule has 1 N–H and O–H groups in total. The first-order valence-corrected chi connectivity index (χ1v) is 6.87.